The molecule has 2 rings (SSSR count). The van der Waals surface area contributed by atoms with E-state index in [0.29, 0.717) is 0 Å². The van der Waals surface area contributed by atoms with Crippen LogP contribution >= 0.6 is 0 Å². The zero-order valence-corrected chi connectivity index (χ0v) is 9.41. The molecule has 0 radical (unpaired) electrons. The van der Waals surface area contributed by atoms with Gasteiger partial charge in [0.05, 0.1) is 6.10 Å². The van der Waals surface area contributed by atoms with Gasteiger partial charge in [-0.05, 0) is 49.9 Å². The largest absolute Gasteiger partial charge is 0.393 e. The van der Waals surface area contributed by atoms with Crippen LogP contribution in [0.25, 0.3) is 0 Å². The van der Waals surface area contributed by atoms with Crippen LogP contribution in [0.15, 0.2) is 0 Å². The van der Waals surface area contributed by atoms with E-state index in [2.05, 4.69) is 6.92 Å². The molecule has 1 heteroatoms. The fraction of sp³-hybridized carbons (Fsp3) is 1.00. The van der Waals surface area contributed by atoms with Crippen LogP contribution in [0.4, 0.5) is 0 Å². The number of rotatable bonds is 2. The quantitative estimate of drug-likeness (QED) is 0.718. The molecule has 4 unspecified atom stereocenters. The van der Waals surface area contributed by atoms with E-state index >= 15 is 0 Å². The second kappa shape index (κ2) is 4.65. The molecule has 2 fully saturated rings. The zero-order chi connectivity index (χ0) is 9.97. The van der Waals surface area contributed by atoms with Crippen LogP contribution in [0.3, 0.4) is 0 Å². The summed E-state index contributed by atoms with van der Waals surface area (Å²) in [7, 11) is 0. The van der Waals surface area contributed by atoms with Crippen LogP contribution in [-0.4, -0.2) is 11.2 Å². The second-order valence-electron chi connectivity index (χ2n) is 5.45. The van der Waals surface area contributed by atoms with E-state index in [-0.39, 0.29) is 6.10 Å². The summed E-state index contributed by atoms with van der Waals surface area (Å²) in [5.74, 6) is 2.81. The van der Waals surface area contributed by atoms with E-state index in [1.807, 2.05) is 0 Å². The first-order valence-corrected chi connectivity index (χ1v) is 6.47. The lowest BCUT2D eigenvalue weighted by Crippen LogP contribution is -2.33. The van der Waals surface area contributed by atoms with Gasteiger partial charge < -0.3 is 5.11 Å². The fourth-order valence-corrected chi connectivity index (χ4v) is 3.64. The van der Waals surface area contributed by atoms with Gasteiger partial charge in [-0.1, -0.05) is 26.2 Å². The predicted molar refractivity (Wildman–Crippen MR) is 59.1 cm³/mol. The standard InChI is InChI=1S/C13H24O/c1-2-3-10-4-5-11-6-7-13(14)9-12(11)8-10/h10-14H,2-9H2,1H3. The van der Waals surface area contributed by atoms with Crippen molar-refractivity contribution in [2.45, 2.75) is 64.4 Å². The molecule has 14 heavy (non-hydrogen) atoms. The molecule has 2 aliphatic carbocycles. The Morgan fingerprint density at radius 3 is 2.57 bits per heavy atom. The van der Waals surface area contributed by atoms with Gasteiger partial charge in [0, 0.05) is 0 Å². The average Bonchev–Trinajstić information content (AvgIpc) is 2.17. The van der Waals surface area contributed by atoms with Gasteiger partial charge in [0.25, 0.3) is 0 Å². The minimum atomic E-state index is 0.0247. The Morgan fingerprint density at radius 2 is 1.79 bits per heavy atom. The molecule has 0 aromatic carbocycles. The number of aliphatic hydroxyl groups excluding tert-OH is 1. The molecule has 0 aliphatic heterocycles. The topological polar surface area (TPSA) is 20.2 Å². The summed E-state index contributed by atoms with van der Waals surface area (Å²) < 4.78 is 0. The number of hydrogen-bond acceptors (Lipinski definition) is 1. The van der Waals surface area contributed by atoms with E-state index < -0.39 is 0 Å². The molecule has 2 aliphatic rings. The van der Waals surface area contributed by atoms with Crippen LogP contribution < -0.4 is 0 Å². The van der Waals surface area contributed by atoms with Gasteiger partial charge in [-0.15, -0.1) is 0 Å². The summed E-state index contributed by atoms with van der Waals surface area (Å²) in [6, 6.07) is 0. The fourth-order valence-electron chi connectivity index (χ4n) is 3.64. The molecule has 1 N–H and O–H groups in total. The summed E-state index contributed by atoms with van der Waals surface area (Å²) in [5.41, 5.74) is 0. The highest BCUT2D eigenvalue weighted by Crippen LogP contribution is 2.43. The van der Waals surface area contributed by atoms with Gasteiger partial charge >= 0.3 is 0 Å². The molecule has 4 atom stereocenters. The third-order valence-corrected chi connectivity index (χ3v) is 4.39. The summed E-state index contributed by atoms with van der Waals surface area (Å²) in [4.78, 5) is 0. The van der Waals surface area contributed by atoms with Crippen molar-refractivity contribution in [3.05, 3.63) is 0 Å². The van der Waals surface area contributed by atoms with Crippen molar-refractivity contribution in [2.24, 2.45) is 17.8 Å². The van der Waals surface area contributed by atoms with E-state index in [1.165, 1.54) is 38.5 Å². The maximum Gasteiger partial charge on any atom is 0.0543 e. The highest BCUT2D eigenvalue weighted by molar-refractivity contribution is 4.85. The molecule has 0 heterocycles. The molecule has 0 aromatic heterocycles. The molecule has 2 saturated carbocycles. The lowest BCUT2D eigenvalue weighted by Gasteiger charge is -2.41. The smallest absolute Gasteiger partial charge is 0.0543 e. The third kappa shape index (κ3) is 2.31. The van der Waals surface area contributed by atoms with Gasteiger partial charge in [0.15, 0.2) is 0 Å². The summed E-state index contributed by atoms with van der Waals surface area (Å²) in [5, 5.41) is 9.66. The van der Waals surface area contributed by atoms with Crippen molar-refractivity contribution in [1.29, 1.82) is 0 Å². The SMILES string of the molecule is CCCC1CCC2CCC(O)CC2C1. The lowest BCUT2D eigenvalue weighted by molar-refractivity contribution is 0.0334. The zero-order valence-electron chi connectivity index (χ0n) is 9.41. The summed E-state index contributed by atoms with van der Waals surface area (Å²) >= 11 is 0. The molecule has 1 nitrogen and oxygen atoms in total. The minimum absolute atomic E-state index is 0.0247. The van der Waals surface area contributed by atoms with Crippen molar-refractivity contribution in [3.8, 4) is 0 Å². The number of aliphatic hydroxyl groups is 1. The van der Waals surface area contributed by atoms with Gasteiger partial charge in [-0.3, -0.25) is 0 Å². The second-order valence-corrected chi connectivity index (χ2v) is 5.45. The maximum atomic E-state index is 9.66. The van der Waals surface area contributed by atoms with Gasteiger partial charge in [0.1, 0.15) is 0 Å². The molecule has 0 saturated heterocycles. The van der Waals surface area contributed by atoms with Gasteiger partial charge in [0.2, 0.25) is 0 Å². The Bertz CT molecular complexity index is 178. The minimum Gasteiger partial charge on any atom is -0.393 e. The van der Waals surface area contributed by atoms with Crippen molar-refractivity contribution in [2.75, 3.05) is 0 Å². The number of hydrogen-bond donors (Lipinski definition) is 1. The molecule has 82 valence electrons. The average molecular weight is 196 g/mol. The van der Waals surface area contributed by atoms with Gasteiger partial charge in [-0.2, -0.15) is 0 Å². The number of fused-ring (bicyclic) bond motifs is 1. The van der Waals surface area contributed by atoms with E-state index in [1.54, 1.807) is 0 Å². The molecule has 0 amide bonds. The van der Waals surface area contributed by atoms with E-state index in [0.717, 1.165) is 30.6 Å². The molecule has 0 spiro atoms. The Balaban J connectivity index is 1.86. The predicted octanol–water partition coefficient (Wildman–Crippen LogP) is 3.36. The van der Waals surface area contributed by atoms with Crippen LogP contribution in [0.5, 0.6) is 0 Å². The van der Waals surface area contributed by atoms with Crippen LogP contribution in [-0.2, 0) is 0 Å². The highest BCUT2D eigenvalue weighted by atomic mass is 16.3. The van der Waals surface area contributed by atoms with E-state index in [9.17, 15) is 5.11 Å². The third-order valence-electron chi connectivity index (χ3n) is 4.39. The van der Waals surface area contributed by atoms with Crippen LogP contribution in [0, 0.1) is 17.8 Å². The molecular weight excluding hydrogens is 172 g/mol. The first-order valence-electron chi connectivity index (χ1n) is 6.47. The molecular formula is C13H24O. The van der Waals surface area contributed by atoms with Crippen LogP contribution in [0.1, 0.15) is 58.3 Å². The Hall–Kier alpha value is -0.0400. The summed E-state index contributed by atoms with van der Waals surface area (Å²) in [6.45, 7) is 2.29. The van der Waals surface area contributed by atoms with Crippen molar-refractivity contribution < 1.29 is 5.11 Å². The van der Waals surface area contributed by atoms with Gasteiger partial charge in [-0.25, -0.2) is 0 Å². The first-order chi connectivity index (χ1) is 6.79. The Labute approximate surface area is 87.9 Å². The maximum absolute atomic E-state index is 9.66. The van der Waals surface area contributed by atoms with Crippen LogP contribution in [0.2, 0.25) is 0 Å². The lowest BCUT2D eigenvalue weighted by atomic mass is 9.66. The Kier molecular flexibility index (Phi) is 3.48. The first kappa shape index (κ1) is 10.5. The molecule has 0 bridgehead atoms. The van der Waals surface area contributed by atoms with Crippen molar-refractivity contribution in [1.82, 2.24) is 0 Å². The van der Waals surface area contributed by atoms with Crippen molar-refractivity contribution >= 4 is 0 Å². The monoisotopic (exact) mass is 196 g/mol. The normalized spacial score (nSPS) is 43.3. The highest BCUT2D eigenvalue weighted by Gasteiger charge is 2.34. The van der Waals surface area contributed by atoms with E-state index in [4.69, 9.17) is 0 Å². The Morgan fingerprint density at radius 1 is 1.00 bits per heavy atom. The summed E-state index contributed by atoms with van der Waals surface area (Å²) in [6.07, 6.45) is 10.6. The van der Waals surface area contributed by atoms with Crippen molar-refractivity contribution in [3.63, 3.8) is 0 Å². The molecule has 0 aromatic rings.